The van der Waals surface area contributed by atoms with Crippen molar-refractivity contribution in [3.05, 3.63) is 36.0 Å². The Morgan fingerprint density at radius 3 is 2.03 bits per heavy atom. The molecule has 3 aliphatic heterocycles. The number of hydrogen-bond donors (Lipinski definition) is 1. The first-order chi connectivity index (χ1) is 33.2. The maximum Gasteiger partial charge on any atom is 0.410 e. The SMILES string of the molecule is CCO[C@H](C)O[C@]1(C)CC[C@@H](O[Si](CC)(CC)CC)CC(=O)O[C@H](/C(C)=C/C=C/[C@@](C)(C[C@H]2O[C@@H]2[C@H](C)[C@H](CC)O[Si](CC)(CC)CC)O[Si](CC)(CC)CC)[C@@H](C)/C=C\[C@@H]1OC(=O)N1CCNCC1. The maximum absolute atomic E-state index is 14.3. The van der Waals surface area contributed by atoms with Gasteiger partial charge in [-0.1, -0.05) is 107 Å². The van der Waals surface area contributed by atoms with Crippen LogP contribution >= 0.6 is 0 Å². The number of rotatable bonds is 28. The van der Waals surface area contributed by atoms with E-state index >= 15 is 0 Å². The third-order valence-corrected chi connectivity index (χ3v) is 30.9. The molecule has 70 heavy (non-hydrogen) atoms. The lowest BCUT2D eigenvalue weighted by atomic mass is 9.88. The molecule has 0 bridgehead atoms. The molecule has 0 aliphatic carbocycles. The Labute approximate surface area is 430 Å². The van der Waals surface area contributed by atoms with E-state index in [1.807, 2.05) is 39.8 Å². The zero-order valence-electron chi connectivity index (χ0n) is 47.5. The molecule has 2 fully saturated rings. The molecular weight excluding hydrogens is 933 g/mol. The molecule has 0 saturated carbocycles. The molecule has 0 aromatic carbocycles. The smallest absolute Gasteiger partial charge is 0.410 e. The van der Waals surface area contributed by atoms with E-state index in [2.05, 4.69) is 114 Å². The average Bonchev–Trinajstić information content (AvgIpc) is 4.13. The fourth-order valence-corrected chi connectivity index (χ4v) is 20.1. The van der Waals surface area contributed by atoms with Crippen LogP contribution in [-0.2, 0) is 41.8 Å². The van der Waals surface area contributed by atoms with E-state index in [-0.39, 0.29) is 48.6 Å². The molecule has 2 saturated heterocycles. The lowest BCUT2D eigenvalue weighted by Gasteiger charge is -2.41. The first-order valence-electron chi connectivity index (χ1n) is 28.1. The maximum atomic E-state index is 14.3. The Bertz CT molecular complexity index is 1620. The Balaban J connectivity index is 2.09. The third kappa shape index (κ3) is 17.7. The molecule has 3 aliphatic rings. The van der Waals surface area contributed by atoms with Crippen LogP contribution in [0, 0.1) is 11.8 Å². The van der Waals surface area contributed by atoms with E-state index in [4.69, 9.17) is 37.0 Å². The number of allylic oxidation sites excluding steroid dienone is 2. The highest BCUT2D eigenvalue weighted by Gasteiger charge is 2.51. The number of epoxide rings is 1. The van der Waals surface area contributed by atoms with Gasteiger partial charge in [-0.05, 0) is 120 Å². The molecule has 12 nitrogen and oxygen atoms in total. The van der Waals surface area contributed by atoms with Crippen molar-refractivity contribution in [1.82, 2.24) is 10.2 Å². The normalized spacial score (nSPS) is 28.3. The fraction of sp³-hybridized carbons (Fsp3) is 0.855. The molecule has 1 N–H and O–H groups in total. The van der Waals surface area contributed by atoms with Crippen LogP contribution in [0.4, 0.5) is 4.79 Å². The first-order valence-corrected chi connectivity index (χ1v) is 35.7. The summed E-state index contributed by atoms with van der Waals surface area (Å²) in [6.45, 7) is 40.1. The van der Waals surface area contributed by atoms with Gasteiger partial charge in [0.2, 0.25) is 0 Å². The van der Waals surface area contributed by atoms with Crippen molar-refractivity contribution in [3.8, 4) is 0 Å². The summed E-state index contributed by atoms with van der Waals surface area (Å²) in [5.74, 6) is -0.291. The van der Waals surface area contributed by atoms with Crippen LogP contribution in [0.25, 0.3) is 0 Å². The second kappa shape index (κ2) is 29.4. The van der Waals surface area contributed by atoms with Gasteiger partial charge in [0, 0.05) is 57.1 Å². The predicted octanol–water partition coefficient (Wildman–Crippen LogP) is 13.1. The zero-order chi connectivity index (χ0) is 52.3. The topological polar surface area (TPSA) is 127 Å². The molecule has 11 atom stereocenters. The summed E-state index contributed by atoms with van der Waals surface area (Å²) in [5.41, 5.74) is -0.678. The minimum Gasteiger partial charge on any atom is -0.457 e. The molecule has 0 aromatic heterocycles. The number of hydrogen-bond acceptors (Lipinski definition) is 11. The van der Waals surface area contributed by atoms with E-state index in [9.17, 15) is 9.59 Å². The predicted molar refractivity (Wildman–Crippen MR) is 294 cm³/mol. The minimum atomic E-state index is -2.16. The molecule has 3 heterocycles. The highest BCUT2D eigenvalue weighted by molar-refractivity contribution is 6.74. The van der Waals surface area contributed by atoms with Gasteiger partial charge < -0.3 is 47.2 Å². The quantitative estimate of drug-likeness (QED) is 0.0201. The number of esters is 1. The van der Waals surface area contributed by atoms with Crippen LogP contribution < -0.4 is 5.32 Å². The minimum absolute atomic E-state index is 0.0768. The summed E-state index contributed by atoms with van der Waals surface area (Å²) in [6.07, 6.45) is 10.9. The van der Waals surface area contributed by atoms with Gasteiger partial charge in [-0.3, -0.25) is 4.79 Å². The monoisotopic (exact) mass is 1040 g/mol. The molecule has 0 unspecified atom stereocenters. The number of carbonyl (C=O) groups is 2. The van der Waals surface area contributed by atoms with Gasteiger partial charge in [0.15, 0.2) is 37.3 Å². The largest absolute Gasteiger partial charge is 0.457 e. The Kier molecular flexibility index (Phi) is 26.3. The number of cyclic esters (lactones) is 1. The summed E-state index contributed by atoms with van der Waals surface area (Å²) < 4.78 is 53.9. The number of nitrogens with zero attached hydrogens (tertiary/aromatic N) is 1. The van der Waals surface area contributed by atoms with Crippen molar-refractivity contribution in [2.75, 3.05) is 32.8 Å². The summed E-state index contributed by atoms with van der Waals surface area (Å²) >= 11 is 0. The molecule has 3 rings (SSSR count). The highest BCUT2D eigenvalue weighted by Crippen LogP contribution is 2.43. The molecule has 0 aromatic rings. The van der Waals surface area contributed by atoms with Crippen molar-refractivity contribution in [2.45, 2.75) is 258 Å². The zero-order valence-corrected chi connectivity index (χ0v) is 50.5. The van der Waals surface area contributed by atoms with E-state index < -0.39 is 60.8 Å². The number of amides is 1. The van der Waals surface area contributed by atoms with Gasteiger partial charge in [-0.25, -0.2) is 4.79 Å². The first kappa shape index (κ1) is 62.6. The van der Waals surface area contributed by atoms with Crippen molar-refractivity contribution >= 4 is 37.0 Å². The molecule has 0 spiro atoms. The summed E-state index contributed by atoms with van der Waals surface area (Å²) in [7, 11) is -6.01. The van der Waals surface area contributed by atoms with Crippen molar-refractivity contribution < 1.29 is 46.6 Å². The molecule has 15 heteroatoms. The molecule has 406 valence electrons. The van der Waals surface area contributed by atoms with E-state index in [0.29, 0.717) is 45.6 Å². The van der Waals surface area contributed by atoms with Gasteiger partial charge in [0.05, 0.1) is 30.3 Å². The van der Waals surface area contributed by atoms with E-state index in [1.165, 1.54) is 0 Å². The second-order valence-corrected chi connectivity index (χ2v) is 35.5. The van der Waals surface area contributed by atoms with Gasteiger partial charge in [0.1, 0.15) is 11.7 Å². The molecule has 1 amide bonds. The molecule has 0 radical (unpaired) electrons. The molecular formula is C55H104N2O10Si3. The highest BCUT2D eigenvalue weighted by atomic mass is 28.4. The van der Waals surface area contributed by atoms with Crippen LogP contribution in [-0.4, -0.2) is 129 Å². The summed E-state index contributed by atoms with van der Waals surface area (Å²) in [5, 5.41) is 3.33. The number of ether oxygens (including phenoxy) is 5. The van der Waals surface area contributed by atoms with Gasteiger partial charge in [-0.2, -0.15) is 0 Å². The van der Waals surface area contributed by atoms with Gasteiger partial charge in [-0.15, -0.1) is 0 Å². The van der Waals surface area contributed by atoms with Gasteiger partial charge >= 0.3 is 12.1 Å². The third-order valence-electron chi connectivity index (χ3n) is 16.8. The van der Waals surface area contributed by atoms with Crippen LogP contribution in [0.1, 0.15) is 150 Å². The van der Waals surface area contributed by atoms with E-state index in [0.717, 1.165) is 72.8 Å². The van der Waals surface area contributed by atoms with Crippen LogP contribution in [0.2, 0.25) is 54.4 Å². The fourth-order valence-electron chi connectivity index (χ4n) is 11.1. The number of carbonyl (C=O) groups excluding carboxylic acids is 2. The van der Waals surface area contributed by atoms with Gasteiger partial charge in [0.25, 0.3) is 0 Å². The second-order valence-electron chi connectivity index (χ2n) is 21.3. The van der Waals surface area contributed by atoms with Crippen LogP contribution in [0.3, 0.4) is 0 Å². The Morgan fingerprint density at radius 2 is 1.49 bits per heavy atom. The van der Waals surface area contributed by atoms with Crippen molar-refractivity contribution in [1.29, 1.82) is 0 Å². The Morgan fingerprint density at radius 1 is 0.900 bits per heavy atom. The lowest BCUT2D eigenvalue weighted by Crippen LogP contribution is -2.52. The number of nitrogens with one attached hydrogen (secondary N) is 1. The summed E-state index contributed by atoms with van der Waals surface area (Å²) in [6, 6.07) is 9.37. The standard InChI is InChI=1S/C55H104N2O10Si3/c1-18-47(66-69(23-6,24-7)25-8)44(14)52-48(61-52)41-54(16,67-70(26-9,27-10)28-11)34-29-30-42(12)51-43(13)31-32-49(62-53(59)57-38-36-56-37-39-57)55(17,64-45(15)60-19-2)35-33-46(40-50(58)63-51)65-68(20-3,21-4)22-5/h29-32,34,43-49,51-52,56H,18-28,33,35-41H2,1-17H3/b32-31-,34-29+,42-30+/t43-,44+,45-,46+,47-,48+,49-,51+,52+,54-,55+/m0/s1. The van der Waals surface area contributed by atoms with E-state index in [1.54, 1.807) is 4.90 Å². The lowest BCUT2D eigenvalue weighted by molar-refractivity contribution is -0.222. The average molecular weight is 1040 g/mol. The Hall–Kier alpha value is -1.67. The van der Waals surface area contributed by atoms with Crippen LogP contribution in [0.15, 0.2) is 36.0 Å². The van der Waals surface area contributed by atoms with Crippen LogP contribution in [0.5, 0.6) is 0 Å². The number of piperazine rings is 1. The van der Waals surface area contributed by atoms with Crippen molar-refractivity contribution in [2.24, 2.45) is 11.8 Å². The van der Waals surface area contributed by atoms with Crippen molar-refractivity contribution in [3.63, 3.8) is 0 Å². The summed E-state index contributed by atoms with van der Waals surface area (Å²) in [4.78, 5) is 30.0.